The predicted molar refractivity (Wildman–Crippen MR) is 79.2 cm³/mol. The zero-order valence-corrected chi connectivity index (χ0v) is 13.4. The average molecular weight is 298 g/mol. The second kappa shape index (κ2) is 6.35. The van der Waals surface area contributed by atoms with Crippen molar-refractivity contribution >= 4 is 23.2 Å². The zero-order chi connectivity index (χ0) is 15.5. The van der Waals surface area contributed by atoms with E-state index in [9.17, 15) is 14.7 Å². The molecule has 0 aliphatic carbocycles. The molecule has 0 aromatic carbocycles. The van der Waals surface area contributed by atoms with Gasteiger partial charge in [0.2, 0.25) is 0 Å². The summed E-state index contributed by atoms with van der Waals surface area (Å²) in [7, 11) is 0. The van der Waals surface area contributed by atoms with Gasteiger partial charge in [-0.2, -0.15) is 0 Å². The summed E-state index contributed by atoms with van der Waals surface area (Å²) in [5.41, 5.74) is 2.07. The van der Waals surface area contributed by atoms with Crippen LogP contribution in [0, 0.1) is 5.92 Å². The number of nitrogens with one attached hydrogen (secondary N) is 1. The van der Waals surface area contributed by atoms with Crippen molar-refractivity contribution in [2.75, 3.05) is 0 Å². The van der Waals surface area contributed by atoms with Gasteiger partial charge in [0.1, 0.15) is 10.9 Å². The monoisotopic (exact) mass is 298 g/mol. The van der Waals surface area contributed by atoms with Crippen LogP contribution in [0.5, 0.6) is 0 Å². The zero-order valence-electron chi connectivity index (χ0n) is 12.6. The minimum absolute atomic E-state index is 0.194. The van der Waals surface area contributed by atoms with E-state index in [-0.39, 0.29) is 17.2 Å². The normalized spacial score (nSPS) is 13.3. The van der Waals surface area contributed by atoms with Crippen LogP contribution in [0.25, 0.3) is 0 Å². The lowest BCUT2D eigenvalue weighted by molar-refractivity contribution is -0.139. The van der Waals surface area contributed by atoms with Crippen LogP contribution in [0.2, 0.25) is 0 Å². The van der Waals surface area contributed by atoms with E-state index >= 15 is 0 Å². The van der Waals surface area contributed by atoms with E-state index in [1.807, 2.05) is 34.6 Å². The van der Waals surface area contributed by atoms with Crippen LogP contribution in [0.3, 0.4) is 0 Å². The van der Waals surface area contributed by atoms with Crippen LogP contribution in [0.1, 0.15) is 56.4 Å². The average Bonchev–Trinajstić information content (AvgIpc) is 2.75. The molecule has 0 bridgehead atoms. The number of carboxylic acid groups (broad SMARTS) is 1. The maximum absolute atomic E-state index is 12.3. The number of carboxylic acids is 1. The highest BCUT2D eigenvalue weighted by molar-refractivity contribution is 7.11. The maximum Gasteiger partial charge on any atom is 0.326 e. The molecule has 0 aliphatic heterocycles. The lowest BCUT2D eigenvalue weighted by Gasteiger charge is -2.19. The molecule has 1 rings (SSSR count). The Balaban J connectivity index is 2.90. The van der Waals surface area contributed by atoms with Gasteiger partial charge in [-0.3, -0.25) is 4.79 Å². The second-order valence-electron chi connectivity index (χ2n) is 6.27. The summed E-state index contributed by atoms with van der Waals surface area (Å²) >= 11 is 1.24. The second-order valence-corrected chi connectivity index (χ2v) is 7.13. The Morgan fingerprint density at radius 2 is 2.00 bits per heavy atom. The molecule has 1 aromatic heterocycles. The largest absolute Gasteiger partial charge is 0.480 e. The number of carbonyl (C=O) groups excluding carboxylic acids is 1. The number of nitrogens with zero attached hydrogens (tertiary/aromatic N) is 1. The van der Waals surface area contributed by atoms with E-state index in [4.69, 9.17) is 0 Å². The molecule has 1 amide bonds. The van der Waals surface area contributed by atoms with Gasteiger partial charge in [-0.1, -0.05) is 34.6 Å². The first kappa shape index (κ1) is 16.6. The SMILES string of the molecule is CC(C)C[C@@H](NC(=O)c1scnc1C(C)(C)C)C(=O)O. The quantitative estimate of drug-likeness (QED) is 0.876. The fourth-order valence-corrected chi connectivity index (χ4v) is 2.76. The Bertz CT molecular complexity index is 489. The van der Waals surface area contributed by atoms with Crippen LogP contribution in [-0.2, 0) is 10.2 Å². The molecule has 20 heavy (non-hydrogen) atoms. The molecule has 0 radical (unpaired) electrons. The lowest BCUT2D eigenvalue weighted by Crippen LogP contribution is -2.42. The van der Waals surface area contributed by atoms with Crippen molar-refractivity contribution in [1.82, 2.24) is 10.3 Å². The van der Waals surface area contributed by atoms with Crippen LogP contribution in [0.4, 0.5) is 0 Å². The fourth-order valence-electron chi connectivity index (χ4n) is 1.86. The first-order chi connectivity index (χ1) is 9.12. The number of amides is 1. The Hall–Kier alpha value is -1.43. The molecule has 1 aromatic rings. The number of aromatic nitrogens is 1. The third kappa shape index (κ3) is 4.30. The summed E-state index contributed by atoms with van der Waals surface area (Å²) in [5, 5.41) is 11.8. The molecule has 112 valence electrons. The van der Waals surface area contributed by atoms with Gasteiger partial charge in [-0.05, 0) is 12.3 Å². The van der Waals surface area contributed by atoms with Gasteiger partial charge in [-0.15, -0.1) is 11.3 Å². The van der Waals surface area contributed by atoms with Crippen molar-refractivity contribution in [2.45, 2.75) is 52.5 Å². The molecule has 0 unspecified atom stereocenters. The van der Waals surface area contributed by atoms with Gasteiger partial charge < -0.3 is 10.4 Å². The van der Waals surface area contributed by atoms with Gasteiger partial charge in [0.05, 0.1) is 11.2 Å². The van der Waals surface area contributed by atoms with Crippen molar-refractivity contribution in [3.05, 3.63) is 16.1 Å². The van der Waals surface area contributed by atoms with Crippen molar-refractivity contribution < 1.29 is 14.7 Å². The highest BCUT2D eigenvalue weighted by Crippen LogP contribution is 2.27. The molecule has 2 N–H and O–H groups in total. The van der Waals surface area contributed by atoms with E-state index in [1.165, 1.54) is 11.3 Å². The van der Waals surface area contributed by atoms with Crippen molar-refractivity contribution in [3.63, 3.8) is 0 Å². The van der Waals surface area contributed by atoms with Gasteiger partial charge >= 0.3 is 5.97 Å². The van der Waals surface area contributed by atoms with Crippen molar-refractivity contribution in [1.29, 1.82) is 0 Å². The molecule has 0 spiro atoms. The van der Waals surface area contributed by atoms with E-state index in [0.717, 1.165) is 0 Å². The molecule has 1 heterocycles. The van der Waals surface area contributed by atoms with Crippen molar-refractivity contribution in [2.24, 2.45) is 5.92 Å². The van der Waals surface area contributed by atoms with Crippen molar-refractivity contribution in [3.8, 4) is 0 Å². The van der Waals surface area contributed by atoms with Gasteiger partial charge in [-0.25, -0.2) is 9.78 Å². The Labute approximate surface area is 123 Å². The summed E-state index contributed by atoms with van der Waals surface area (Å²) in [5.74, 6) is -1.17. The number of carbonyl (C=O) groups is 2. The number of thiazole rings is 1. The van der Waals surface area contributed by atoms with Gasteiger partial charge in [0.15, 0.2) is 0 Å². The van der Waals surface area contributed by atoms with Gasteiger partial charge in [0, 0.05) is 5.41 Å². The molecule has 0 fully saturated rings. The topological polar surface area (TPSA) is 79.3 Å². The third-order valence-electron chi connectivity index (χ3n) is 2.79. The summed E-state index contributed by atoms with van der Waals surface area (Å²) in [6.07, 6.45) is 0.407. The molecular formula is C14H22N2O3S. The predicted octanol–water partition coefficient (Wildman–Crippen LogP) is 2.67. The van der Waals surface area contributed by atoms with Crippen LogP contribution in [0.15, 0.2) is 5.51 Å². The molecule has 0 aliphatic rings. The summed E-state index contributed by atoms with van der Waals surface area (Å²) in [4.78, 5) is 28.2. The minimum atomic E-state index is -1.01. The van der Waals surface area contributed by atoms with E-state index < -0.39 is 12.0 Å². The van der Waals surface area contributed by atoms with Crippen LogP contribution >= 0.6 is 11.3 Å². The Kier molecular flexibility index (Phi) is 5.28. The standard InChI is InChI=1S/C14H22N2O3S/c1-8(2)6-9(13(18)19)16-12(17)10-11(14(3,4)5)15-7-20-10/h7-9H,6H2,1-5H3,(H,16,17)(H,18,19)/t9-/m1/s1. The minimum Gasteiger partial charge on any atom is -0.480 e. The summed E-state index contributed by atoms with van der Waals surface area (Å²) in [6.45, 7) is 9.77. The maximum atomic E-state index is 12.3. The molecule has 6 heteroatoms. The first-order valence-electron chi connectivity index (χ1n) is 6.60. The lowest BCUT2D eigenvalue weighted by atomic mass is 9.91. The summed E-state index contributed by atoms with van der Waals surface area (Å²) in [6, 6.07) is -0.864. The number of aliphatic carboxylic acids is 1. The number of hydrogen-bond donors (Lipinski definition) is 2. The molecule has 5 nitrogen and oxygen atoms in total. The molecule has 1 atom stereocenters. The smallest absolute Gasteiger partial charge is 0.326 e. The van der Waals surface area contributed by atoms with Crippen LogP contribution in [-0.4, -0.2) is 28.0 Å². The first-order valence-corrected chi connectivity index (χ1v) is 7.48. The Morgan fingerprint density at radius 3 is 2.45 bits per heavy atom. The molecule has 0 saturated heterocycles. The van der Waals surface area contributed by atoms with Crippen LogP contribution < -0.4 is 5.32 Å². The fraction of sp³-hybridized carbons (Fsp3) is 0.643. The number of hydrogen-bond acceptors (Lipinski definition) is 4. The Morgan fingerprint density at radius 1 is 1.40 bits per heavy atom. The highest BCUT2D eigenvalue weighted by atomic mass is 32.1. The summed E-state index contributed by atoms with van der Waals surface area (Å²) < 4.78 is 0. The van der Waals surface area contributed by atoms with E-state index in [1.54, 1.807) is 5.51 Å². The van der Waals surface area contributed by atoms with E-state index in [2.05, 4.69) is 10.3 Å². The van der Waals surface area contributed by atoms with E-state index in [0.29, 0.717) is 17.0 Å². The van der Waals surface area contributed by atoms with Gasteiger partial charge in [0.25, 0.3) is 5.91 Å². The third-order valence-corrected chi connectivity index (χ3v) is 3.62. The molecular weight excluding hydrogens is 276 g/mol. The highest BCUT2D eigenvalue weighted by Gasteiger charge is 2.28. The molecule has 0 saturated carbocycles. The number of rotatable bonds is 5.